The number of aromatic amines is 1. The predicted octanol–water partition coefficient (Wildman–Crippen LogP) is 1.91. The molecule has 2 atom stereocenters. The number of H-pyrrole nitrogens is 1. The summed E-state index contributed by atoms with van der Waals surface area (Å²) < 4.78 is 26.7. The maximum absolute atomic E-state index is 13.4. The number of nitrogens with one attached hydrogen (secondary N) is 3. The molecule has 2 aliphatic heterocycles. The van der Waals surface area contributed by atoms with E-state index < -0.39 is 11.6 Å². The largest absolute Gasteiger partial charge is 0.361 e. The molecular weight excluding hydrogens is 342 g/mol. The van der Waals surface area contributed by atoms with Crippen LogP contribution in [0.1, 0.15) is 18.4 Å². The third kappa shape index (κ3) is 3.11. The fourth-order valence-corrected chi connectivity index (χ4v) is 3.89. The molecular formula is C18H20F2N4O2. The summed E-state index contributed by atoms with van der Waals surface area (Å²) in [4.78, 5) is 28.4. The van der Waals surface area contributed by atoms with E-state index in [-0.39, 0.29) is 18.0 Å². The van der Waals surface area contributed by atoms with Gasteiger partial charge in [-0.25, -0.2) is 13.6 Å². The van der Waals surface area contributed by atoms with E-state index in [0.717, 1.165) is 18.1 Å². The van der Waals surface area contributed by atoms with Gasteiger partial charge < -0.3 is 20.5 Å². The lowest BCUT2D eigenvalue weighted by Gasteiger charge is -2.24. The van der Waals surface area contributed by atoms with Crippen molar-refractivity contribution in [2.75, 3.05) is 19.6 Å². The van der Waals surface area contributed by atoms with Gasteiger partial charge in [-0.05, 0) is 30.4 Å². The third-order valence-electron chi connectivity index (χ3n) is 5.30. The van der Waals surface area contributed by atoms with Crippen molar-refractivity contribution in [2.24, 2.45) is 5.92 Å². The van der Waals surface area contributed by atoms with E-state index in [4.69, 9.17) is 0 Å². The van der Waals surface area contributed by atoms with Crippen LogP contribution in [0.4, 0.5) is 13.6 Å². The Hall–Kier alpha value is -2.64. The third-order valence-corrected chi connectivity index (χ3v) is 5.30. The molecule has 0 bridgehead atoms. The number of aromatic nitrogens is 1. The molecule has 3 heterocycles. The summed E-state index contributed by atoms with van der Waals surface area (Å²) in [5, 5.41) is 6.43. The zero-order valence-corrected chi connectivity index (χ0v) is 14.1. The first kappa shape index (κ1) is 16.8. The molecule has 26 heavy (non-hydrogen) atoms. The highest BCUT2D eigenvalue weighted by atomic mass is 19.2. The topological polar surface area (TPSA) is 77.2 Å². The predicted molar refractivity (Wildman–Crippen MR) is 91.5 cm³/mol. The van der Waals surface area contributed by atoms with Crippen LogP contribution in [0.2, 0.25) is 0 Å². The Labute approximate surface area is 148 Å². The fraction of sp³-hybridized carbons (Fsp3) is 0.444. The molecule has 8 heteroatoms. The van der Waals surface area contributed by atoms with Crippen LogP contribution in [0.3, 0.4) is 0 Å². The van der Waals surface area contributed by atoms with Gasteiger partial charge in [-0.2, -0.15) is 0 Å². The fourth-order valence-electron chi connectivity index (χ4n) is 3.89. The van der Waals surface area contributed by atoms with Gasteiger partial charge >= 0.3 is 6.03 Å². The van der Waals surface area contributed by atoms with Gasteiger partial charge in [0.15, 0.2) is 11.6 Å². The standard InChI is InChI=1S/C18H20F2N4O2/c19-13-5-12-10(7-22-15(12)6-14(13)20)3-4-21-18(26)24-8-11-1-2-17(25)23-16(11)9-24/h5-7,11,16,22H,1-4,8-9H2,(H,21,26)(H,23,25). The summed E-state index contributed by atoms with van der Waals surface area (Å²) >= 11 is 0. The smallest absolute Gasteiger partial charge is 0.317 e. The minimum atomic E-state index is -0.887. The van der Waals surface area contributed by atoms with Crippen LogP contribution >= 0.6 is 0 Å². The van der Waals surface area contributed by atoms with Crippen LogP contribution < -0.4 is 10.6 Å². The lowest BCUT2D eigenvalue weighted by molar-refractivity contribution is -0.123. The van der Waals surface area contributed by atoms with Gasteiger partial charge in [-0.15, -0.1) is 0 Å². The van der Waals surface area contributed by atoms with Gasteiger partial charge in [0, 0.05) is 49.2 Å². The molecule has 3 amide bonds. The molecule has 1 aromatic carbocycles. The van der Waals surface area contributed by atoms with Crippen LogP contribution in [0.15, 0.2) is 18.3 Å². The molecule has 0 aliphatic carbocycles. The number of halogens is 2. The van der Waals surface area contributed by atoms with E-state index in [1.165, 1.54) is 6.07 Å². The van der Waals surface area contributed by atoms with E-state index in [2.05, 4.69) is 15.6 Å². The Balaban J connectivity index is 1.33. The maximum Gasteiger partial charge on any atom is 0.317 e. The number of urea groups is 1. The van der Waals surface area contributed by atoms with Gasteiger partial charge in [-0.3, -0.25) is 4.79 Å². The number of hydrogen-bond donors (Lipinski definition) is 3. The highest BCUT2D eigenvalue weighted by molar-refractivity contribution is 5.83. The summed E-state index contributed by atoms with van der Waals surface area (Å²) in [6.07, 6.45) is 3.55. The molecule has 138 valence electrons. The molecule has 2 unspecified atom stereocenters. The van der Waals surface area contributed by atoms with Crippen molar-refractivity contribution in [1.82, 2.24) is 20.5 Å². The van der Waals surface area contributed by atoms with Gasteiger partial charge in [-0.1, -0.05) is 0 Å². The number of hydrogen-bond acceptors (Lipinski definition) is 2. The second kappa shape index (κ2) is 6.59. The number of fused-ring (bicyclic) bond motifs is 2. The summed E-state index contributed by atoms with van der Waals surface area (Å²) in [5.41, 5.74) is 1.35. The number of amides is 3. The van der Waals surface area contributed by atoms with Crippen molar-refractivity contribution in [3.63, 3.8) is 0 Å². The molecule has 2 saturated heterocycles. The Morgan fingerprint density at radius 2 is 2.08 bits per heavy atom. The highest BCUT2D eigenvalue weighted by Gasteiger charge is 2.38. The lowest BCUT2D eigenvalue weighted by atomic mass is 9.94. The van der Waals surface area contributed by atoms with E-state index in [1.807, 2.05) is 0 Å². The van der Waals surface area contributed by atoms with E-state index in [9.17, 15) is 18.4 Å². The van der Waals surface area contributed by atoms with Crippen molar-refractivity contribution in [3.8, 4) is 0 Å². The van der Waals surface area contributed by atoms with Gasteiger partial charge in [0.05, 0.1) is 6.04 Å². The number of nitrogens with zero attached hydrogens (tertiary/aromatic N) is 1. The highest BCUT2D eigenvalue weighted by Crippen LogP contribution is 2.25. The normalized spacial score (nSPS) is 22.4. The summed E-state index contributed by atoms with van der Waals surface area (Å²) in [6.45, 7) is 1.57. The molecule has 6 nitrogen and oxygen atoms in total. The number of carbonyl (C=O) groups excluding carboxylic acids is 2. The zero-order valence-electron chi connectivity index (χ0n) is 14.1. The van der Waals surface area contributed by atoms with Gasteiger partial charge in [0.25, 0.3) is 0 Å². The zero-order chi connectivity index (χ0) is 18.3. The molecule has 3 N–H and O–H groups in total. The van der Waals surface area contributed by atoms with E-state index in [0.29, 0.717) is 49.3 Å². The number of likely N-dealkylation sites (tertiary alicyclic amines) is 1. The minimum Gasteiger partial charge on any atom is -0.361 e. The number of benzene rings is 1. The average molecular weight is 362 g/mol. The number of rotatable bonds is 3. The van der Waals surface area contributed by atoms with Crippen molar-refractivity contribution in [3.05, 3.63) is 35.5 Å². The molecule has 2 fully saturated rings. The molecule has 0 radical (unpaired) electrons. The lowest BCUT2D eigenvalue weighted by Crippen LogP contribution is -2.45. The van der Waals surface area contributed by atoms with Crippen LogP contribution in [0.5, 0.6) is 0 Å². The number of carbonyl (C=O) groups is 2. The molecule has 1 aromatic heterocycles. The Morgan fingerprint density at radius 3 is 2.92 bits per heavy atom. The van der Waals surface area contributed by atoms with Crippen molar-refractivity contribution >= 4 is 22.8 Å². The Kier molecular flexibility index (Phi) is 4.26. The van der Waals surface area contributed by atoms with E-state index in [1.54, 1.807) is 11.1 Å². The Morgan fingerprint density at radius 1 is 1.27 bits per heavy atom. The first-order valence-corrected chi connectivity index (χ1v) is 8.78. The second-order valence-corrected chi connectivity index (χ2v) is 6.99. The minimum absolute atomic E-state index is 0.0495. The van der Waals surface area contributed by atoms with Crippen LogP contribution in [0.25, 0.3) is 10.9 Å². The molecule has 4 rings (SSSR count). The monoisotopic (exact) mass is 362 g/mol. The second-order valence-electron chi connectivity index (χ2n) is 6.99. The van der Waals surface area contributed by atoms with Crippen molar-refractivity contribution in [1.29, 1.82) is 0 Å². The van der Waals surface area contributed by atoms with E-state index >= 15 is 0 Å². The van der Waals surface area contributed by atoms with Crippen molar-refractivity contribution in [2.45, 2.75) is 25.3 Å². The quantitative estimate of drug-likeness (QED) is 0.780. The SMILES string of the molecule is O=C1CCC2CN(C(=O)NCCc3c[nH]c4cc(F)c(F)cc34)CC2N1. The van der Waals surface area contributed by atoms with Crippen LogP contribution in [-0.2, 0) is 11.2 Å². The first-order valence-electron chi connectivity index (χ1n) is 8.78. The molecule has 0 spiro atoms. The van der Waals surface area contributed by atoms with Gasteiger partial charge in [0.1, 0.15) is 0 Å². The van der Waals surface area contributed by atoms with Crippen molar-refractivity contribution < 1.29 is 18.4 Å². The summed E-state index contributed by atoms with van der Waals surface area (Å²) in [6, 6.07) is 2.19. The summed E-state index contributed by atoms with van der Waals surface area (Å²) in [5.74, 6) is -1.40. The first-order chi connectivity index (χ1) is 12.5. The maximum atomic E-state index is 13.4. The molecule has 2 aliphatic rings. The molecule has 0 saturated carbocycles. The Bertz CT molecular complexity index is 866. The van der Waals surface area contributed by atoms with Gasteiger partial charge in [0.2, 0.25) is 5.91 Å². The van der Waals surface area contributed by atoms with Crippen LogP contribution in [-0.4, -0.2) is 47.5 Å². The molecule has 2 aromatic rings. The number of piperidine rings is 1. The van der Waals surface area contributed by atoms with Crippen LogP contribution in [0, 0.1) is 17.6 Å². The average Bonchev–Trinajstić information content (AvgIpc) is 3.19. The summed E-state index contributed by atoms with van der Waals surface area (Å²) in [7, 11) is 0.